The number of methoxy groups -OCH3 is 1. The maximum Gasteiger partial charge on any atom is 0.339 e. The number of rotatable bonds is 6. The number of nitro groups is 1. The van der Waals surface area contributed by atoms with Crippen molar-refractivity contribution in [2.24, 2.45) is 0 Å². The predicted octanol–water partition coefficient (Wildman–Crippen LogP) is 4.09. The third kappa shape index (κ3) is 5.08. The van der Waals surface area contributed by atoms with E-state index < -0.39 is 28.6 Å². The van der Waals surface area contributed by atoms with E-state index in [1.165, 1.54) is 38.3 Å². The second-order valence-corrected chi connectivity index (χ2v) is 6.15. The van der Waals surface area contributed by atoms with Gasteiger partial charge in [0, 0.05) is 11.1 Å². The maximum absolute atomic E-state index is 12.2. The Hall–Kier alpha value is -2.84. The molecule has 0 heterocycles. The topological polar surface area (TPSA) is 108 Å². The van der Waals surface area contributed by atoms with Crippen LogP contribution in [0.1, 0.15) is 17.3 Å². The van der Waals surface area contributed by atoms with Gasteiger partial charge in [0.25, 0.3) is 5.91 Å². The van der Waals surface area contributed by atoms with E-state index in [1.807, 2.05) is 0 Å². The third-order valence-corrected chi connectivity index (χ3v) is 4.02. The van der Waals surface area contributed by atoms with E-state index in [1.54, 1.807) is 6.07 Å². The standard InChI is InChI=1S/C17H14Cl2N2O6/c1-9(16(22)20-13-8-11(18)4-5-12(13)19)27-17(23)10-3-6-15(26-2)14(7-10)21(24)25/h3-9H,1-2H3,(H,20,22)/t9-/m0/s1. The number of nitro benzene ring substituents is 1. The normalized spacial score (nSPS) is 11.4. The SMILES string of the molecule is COc1ccc(C(=O)O[C@@H](C)C(=O)Nc2cc(Cl)ccc2Cl)cc1[N+](=O)[O-]. The number of carbonyl (C=O) groups excluding carboxylic acids is 2. The van der Waals surface area contributed by atoms with Gasteiger partial charge in [-0.1, -0.05) is 23.2 Å². The molecule has 0 saturated carbocycles. The molecule has 2 aromatic rings. The molecule has 2 rings (SSSR count). The van der Waals surface area contributed by atoms with E-state index in [0.717, 1.165) is 6.07 Å². The zero-order chi connectivity index (χ0) is 20.1. The van der Waals surface area contributed by atoms with Crippen LogP contribution in [0.3, 0.4) is 0 Å². The molecule has 0 fully saturated rings. The average molecular weight is 413 g/mol. The van der Waals surface area contributed by atoms with Crippen LogP contribution in [-0.2, 0) is 9.53 Å². The summed E-state index contributed by atoms with van der Waals surface area (Å²) in [5.41, 5.74) is -0.227. The van der Waals surface area contributed by atoms with E-state index in [-0.39, 0.29) is 22.0 Å². The predicted molar refractivity (Wildman–Crippen MR) is 99.6 cm³/mol. The van der Waals surface area contributed by atoms with Gasteiger partial charge in [0.05, 0.1) is 28.3 Å². The number of esters is 1. The van der Waals surface area contributed by atoms with Crippen LogP contribution < -0.4 is 10.1 Å². The van der Waals surface area contributed by atoms with Crippen molar-refractivity contribution in [2.45, 2.75) is 13.0 Å². The van der Waals surface area contributed by atoms with Gasteiger partial charge in [0.15, 0.2) is 11.9 Å². The minimum absolute atomic E-state index is 0.00191. The summed E-state index contributed by atoms with van der Waals surface area (Å²) in [5, 5.41) is 14.2. The second kappa shape index (κ2) is 8.70. The summed E-state index contributed by atoms with van der Waals surface area (Å²) >= 11 is 11.8. The van der Waals surface area contributed by atoms with Crippen LogP contribution in [0.25, 0.3) is 0 Å². The lowest BCUT2D eigenvalue weighted by atomic mass is 10.2. The molecule has 0 aliphatic carbocycles. The Morgan fingerprint density at radius 2 is 1.89 bits per heavy atom. The summed E-state index contributed by atoms with van der Waals surface area (Å²) in [7, 11) is 1.27. The first kappa shape index (κ1) is 20.5. The summed E-state index contributed by atoms with van der Waals surface area (Å²) < 4.78 is 9.93. The molecular formula is C17H14Cl2N2O6. The maximum atomic E-state index is 12.2. The highest BCUT2D eigenvalue weighted by Crippen LogP contribution is 2.28. The molecule has 0 aliphatic rings. The molecule has 142 valence electrons. The minimum Gasteiger partial charge on any atom is -0.490 e. The van der Waals surface area contributed by atoms with Crippen molar-refractivity contribution < 1.29 is 24.0 Å². The van der Waals surface area contributed by atoms with Gasteiger partial charge in [-0.25, -0.2) is 4.79 Å². The fraction of sp³-hybridized carbons (Fsp3) is 0.176. The molecule has 0 unspecified atom stereocenters. The minimum atomic E-state index is -1.19. The van der Waals surface area contributed by atoms with Gasteiger partial charge in [-0.3, -0.25) is 14.9 Å². The zero-order valence-corrected chi connectivity index (χ0v) is 15.7. The summed E-state index contributed by atoms with van der Waals surface area (Å²) in [6, 6.07) is 8.09. The number of carbonyl (C=O) groups is 2. The van der Waals surface area contributed by atoms with Crippen LogP contribution in [0.15, 0.2) is 36.4 Å². The smallest absolute Gasteiger partial charge is 0.339 e. The highest BCUT2D eigenvalue weighted by Gasteiger charge is 2.23. The van der Waals surface area contributed by atoms with Crippen LogP contribution in [-0.4, -0.2) is 30.0 Å². The molecule has 1 atom stereocenters. The molecular weight excluding hydrogens is 399 g/mol. The molecule has 2 aromatic carbocycles. The Balaban J connectivity index is 2.10. The highest BCUT2D eigenvalue weighted by atomic mass is 35.5. The fourth-order valence-corrected chi connectivity index (χ4v) is 2.41. The van der Waals surface area contributed by atoms with E-state index in [0.29, 0.717) is 5.02 Å². The van der Waals surface area contributed by atoms with E-state index in [2.05, 4.69) is 5.32 Å². The molecule has 8 nitrogen and oxygen atoms in total. The van der Waals surface area contributed by atoms with Gasteiger partial charge in [0.2, 0.25) is 0 Å². The molecule has 1 amide bonds. The number of halogens is 2. The van der Waals surface area contributed by atoms with Crippen LogP contribution >= 0.6 is 23.2 Å². The number of hydrogen-bond donors (Lipinski definition) is 1. The number of hydrogen-bond acceptors (Lipinski definition) is 6. The molecule has 0 aliphatic heterocycles. The number of benzene rings is 2. The van der Waals surface area contributed by atoms with Crippen molar-refractivity contribution in [1.29, 1.82) is 0 Å². The summed E-state index contributed by atoms with van der Waals surface area (Å²) in [5.74, 6) is -1.55. The zero-order valence-electron chi connectivity index (χ0n) is 14.2. The van der Waals surface area contributed by atoms with E-state index in [9.17, 15) is 19.7 Å². The highest BCUT2D eigenvalue weighted by molar-refractivity contribution is 6.35. The molecule has 0 bridgehead atoms. The van der Waals surface area contributed by atoms with Gasteiger partial charge >= 0.3 is 11.7 Å². The number of anilines is 1. The lowest BCUT2D eigenvalue weighted by Gasteiger charge is -2.14. The van der Waals surface area contributed by atoms with Crippen LogP contribution in [0.2, 0.25) is 10.0 Å². The Labute approximate surface area is 164 Å². The van der Waals surface area contributed by atoms with Gasteiger partial charge in [0.1, 0.15) is 0 Å². The van der Waals surface area contributed by atoms with Crippen molar-refractivity contribution >= 4 is 46.5 Å². The summed E-state index contributed by atoms with van der Waals surface area (Å²) in [6.07, 6.45) is -1.19. The molecule has 10 heteroatoms. The third-order valence-electron chi connectivity index (χ3n) is 3.45. The van der Waals surface area contributed by atoms with Crippen molar-refractivity contribution in [3.05, 3.63) is 62.1 Å². The van der Waals surface area contributed by atoms with Crippen molar-refractivity contribution in [1.82, 2.24) is 0 Å². The monoisotopic (exact) mass is 412 g/mol. The number of nitrogens with one attached hydrogen (secondary N) is 1. The lowest BCUT2D eigenvalue weighted by Crippen LogP contribution is -2.30. The van der Waals surface area contributed by atoms with Crippen molar-refractivity contribution in [3.63, 3.8) is 0 Å². The molecule has 0 spiro atoms. The van der Waals surface area contributed by atoms with Crippen LogP contribution in [0, 0.1) is 10.1 Å². The first-order chi connectivity index (χ1) is 12.7. The number of ether oxygens (including phenoxy) is 2. The Morgan fingerprint density at radius 3 is 2.52 bits per heavy atom. The first-order valence-electron chi connectivity index (χ1n) is 7.52. The number of nitrogens with zero attached hydrogens (tertiary/aromatic N) is 1. The Bertz CT molecular complexity index is 903. The fourth-order valence-electron chi connectivity index (χ4n) is 2.07. The quantitative estimate of drug-likeness (QED) is 0.434. The van der Waals surface area contributed by atoms with E-state index >= 15 is 0 Å². The lowest BCUT2D eigenvalue weighted by molar-refractivity contribution is -0.385. The molecule has 0 saturated heterocycles. The summed E-state index contributed by atoms with van der Waals surface area (Å²) in [6.45, 7) is 1.35. The molecule has 27 heavy (non-hydrogen) atoms. The van der Waals surface area contributed by atoms with Gasteiger partial charge in [-0.05, 0) is 37.3 Å². The van der Waals surface area contributed by atoms with Crippen molar-refractivity contribution in [2.75, 3.05) is 12.4 Å². The summed E-state index contributed by atoms with van der Waals surface area (Å²) in [4.78, 5) is 34.7. The van der Waals surface area contributed by atoms with E-state index in [4.69, 9.17) is 32.7 Å². The Morgan fingerprint density at radius 1 is 1.19 bits per heavy atom. The largest absolute Gasteiger partial charge is 0.490 e. The van der Waals surface area contributed by atoms with Crippen LogP contribution in [0.5, 0.6) is 5.75 Å². The second-order valence-electron chi connectivity index (χ2n) is 5.30. The van der Waals surface area contributed by atoms with Gasteiger partial charge in [-0.15, -0.1) is 0 Å². The number of amides is 1. The molecule has 0 aromatic heterocycles. The average Bonchev–Trinajstić information content (AvgIpc) is 2.63. The first-order valence-corrected chi connectivity index (χ1v) is 8.28. The van der Waals surface area contributed by atoms with Crippen LogP contribution in [0.4, 0.5) is 11.4 Å². The molecule has 0 radical (unpaired) electrons. The van der Waals surface area contributed by atoms with Gasteiger partial charge in [-0.2, -0.15) is 0 Å². The van der Waals surface area contributed by atoms with Crippen molar-refractivity contribution in [3.8, 4) is 5.75 Å². The molecule has 1 N–H and O–H groups in total. The Kier molecular flexibility index (Phi) is 6.59. The van der Waals surface area contributed by atoms with Gasteiger partial charge < -0.3 is 14.8 Å².